The normalized spacial score (nSPS) is 19.5. The second-order valence-corrected chi connectivity index (χ2v) is 6.50. The Bertz CT molecular complexity index is 498. The SMILES string of the molecule is CC(C)C[C@H](OC(N)=O)C(=O)N[C@@H](C[C@@H]1CCNC1=O)C(=O)CCl. The van der Waals surface area contributed by atoms with Gasteiger partial charge in [0.1, 0.15) is 0 Å². The zero-order chi connectivity index (χ0) is 18.3. The molecule has 0 saturated carbocycles. The third-order valence-electron chi connectivity index (χ3n) is 3.76. The van der Waals surface area contributed by atoms with Crippen LogP contribution in [0.2, 0.25) is 0 Å². The number of alkyl halides is 1. The van der Waals surface area contributed by atoms with Gasteiger partial charge in [0.15, 0.2) is 11.9 Å². The first-order valence-corrected chi connectivity index (χ1v) is 8.40. The smallest absolute Gasteiger partial charge is 0.405 e. The van der Waals surface area contributed by atoms with E-state index in [2.05, 4.69) is 10.6 Å². The molecule has 136 valence electrons. The van der Waals surface area contributed by atoms with Crippen LogP contribution in [0.4, 0.5) is 4.79 Å². The number of primary amides is 1. The van der Waals surface area contributed by atoms with E-state index >= 15 is 0 Å². The molecule has 1 rings (SSSR count). The Morgan fingerprint density at radius 3 is 2.54 bits per heavy atom. The van der Waals surface area contributed by atoms with E-state index in [0.29, 0.717) is 13.0 Å². The molecule has 3 atom stereocenters. The fourth-order valence-electron chi connectivity index (χ4n) is 2.56. The number of hydrogen-bond acceptors (Lipinski definition) is 5. The average Bonchev–Trinajstić information content (AvgIpc) is 2.89. The number of ketones is 1. The van der Waals surface area contributed by atoms with E-state index in [0.717, 1.165) is 0 Å². The third kappa shape index (κ3) is 6.35. The van der Waals surface area contributed by atoms with E-state index in [4.69, 9.17) is 22.1 Å². The van der Waals surface area contributed by atoms with Gasteiger partial charge in [-0.3, -0.25) is 14.4 Å². The fourth-order valence-corrected chi connectivity index (χ4v) is 2.75. The van der Waals surface area contributed by atoms with Crippen LogP contribution in [-0.4, -0.2) is 48.3 Å². The summed E-state index contributed by atoms with van der Waals surface area (Å²) in [4.78, 5) is 47.0. The van der Waals surface area contributed by atoms with Crippen molar-refractivity contribution in [1.82, 2.24) is 10.6 Å². The topological polar surface area (TPSA) is 128 Å². The van der Waals surface area contributed by atoms with Crippen LogP contribution in [-0.2, 0) is 19.1 Å². The Morgan fingerprint density at radius 1 is 1.42 bits per heavy atom. The van der Waals surface area contributed by atoms with Crippen molar-refractivity contribution in [2.75, 3.05) is 12.4 Å². The van der Waals surface area contributed by atoms with Crippen LogP contribution in [0.25, 0.3) is 0 Å². The predicted molar refractivity (Wildman–Crippen MR) is 87.3 cm³/mol. The number of nitrogens with two attached hydrogens (primary N) is 1. The summed E-state index contributed by atoms with van der Waals surface area (Å²) in [5.74, 6) is -1.74. The molecule has 0 unspecified atom stereocenters. The number of hydrogen-bond donors (Lipinski definition) is 3. The van der Waals surface area contributed by atoms with Gasteiger partial charge in [0.2, 0.25) is 5.91 Å². The van der Waals surface area contributed by atoms with Crippen molar-refractivity contribution in [3.05, 3.63) is 0 Å². The molecule has 8 nitrogen and oxygen atoms in total. The molecule has 1 aliphatic heterocycles. The Kier molecular flexibility index (Phi) is 7.97. The number of carbonyl (C=O) groups is 4. The number of halogens is 1. The molecular formula is C15H24ClN3O5. The van der Waals surface area contributed by atoms with Crippen molar-refractivity contribution < 1.29 is 23.9 Å². The van der Waals surface area contributed by atoms with Gasteiger partial charge < -0.3 is 21.1 Å². The van der Waals surface area contributed by atoms with Crippen LogP contribution in [0.15, 0.2) is 0 Å². The summed E-state index contributed by atoms with van der Waals surface area (Å²) in [5, 5.41) is 5.22. The Hall–Kier alpha value is -1.83. The van der Waals surface area contributed by atoms with Gasteiger partial charge in [-0.25, -0.2) is 4.79 Å². The standard InChI is InChI=1S/C15H24ClN3O5/c1-8(2)5-12(24-15(17)23)14(22)19-10(11(20)7-16)6-9-3-4-18-13(9)21/h8-10,12H,3-7H2,1-2H3,(H2,17,23)(H,18,21)(H,19,22)/t9-,10-,12-/m0/s1. The molecule has 0 aliphatic carbocycles. The third-order valence-corrected chi connectivity index (χ3v) is 4.02. The van der Waals surface area contributed by atoms with Crippen LogP contribution in [0.1, 0.15) is 33.1 Å². The summed E-state index contributed by atoms with van der Waals surface area (Å²) in [5.41, 5.74) is 4.99. The molecule has 1 aliphatic rings. The molecule has 9 heteroatoms. The molecule has 4 N–H and O–H groups in total. The molecule has 0 aromatic carbocycles. The van der Waals surface area contributed by atoms with Crippen molar-refractivity contribution >= 4 is 35.3 Å². The van der Waals surface area contributed by atoms with Crippen LogP contribution in [0.5, 0.6) is 0 Å². The zero-order valence-corrected chi connectivity index (χ0v) is 14.6. The van der Waals surface area contributed by atoms with E-state index in [1.54, 1.807) is 0 Å². The van der Waals surface area contributed by atoms with Crippen molar-refractivity contribution in [2.24, 2.45) is 17.6 Å². The second kappa shape index (κ2) is 9.46. The molecular weight excluding hydrogens is 338 g/mol. The molecule has 0 spiro atoms. The second-order valence-electron chi connectivity index (χ2n) is 6.23. The van der Waals surface area contributed by atoms with E-state index in [1.165, 1.54) is 0 Å². The molecule has 0 bridgehead atoms. The van der Waals surface area contributed by atoms with E-state index < -0.39 is 29.9 Å². The minimum absolute atomic E-state index is 0.0721. The van der Waals surface area contributed by atoms with Gasteiger partial charge in [-0.05, 0) is 25.2 Å². The van der Waals surface area contributed by atoms with Gasteiger partial charge in [-0.1, -0.05) is 13.8 Å². The van der Waals surface area contributed by atoms with E-state index in [-0.39, 0.29) is 36.5 Å². The number of rotatable bonds is 9. The fraction of sp³-hybridized carbons (Fsp3) is 0.733. The predicted octanol–water partition coefficient (Wildman–Crippen LogP) is 0.315. The van der Waals surface area contributed by atoms with Crippen molar-refractivity contribution in [2.45, 2.75) is 45.3 Å². The average molecular weight is 362 g/mol. The first kappa shape index (κ1) is 20.2. The van der Waals surface area contributed by atoms with Gasteiger partial charge in [-0.15, -0.1) is 11.6 Å². The first-order valence-electron chi connectivity index (χ1n) is 7.87. The lowest BCUT2D eigenvalue weighted by Gasteiger charge is -2.23. The minimum Gasteiger partial charge on any atom is -0.436 e. The molecule has 1 fully saturated rings. The number of Topliss-reactive ketones (excluding diaryl/α,β-unsaturated/α-hetero) is 1. The minimum atomic E-state index is -1.09. The summed E-state index contributed by atoms with van der Waals surface area (Å²) in [6.45, 7) is 4.25. The van der Waals surface area contributed by atoms with Gasteiger partial charge in [-0.2, -0.15) is 0 Å². The monoisotopic (exact) mass is 361 g/mol. The summed E-state index contributed by atoms with van der Waals surface area (Å²) < 4.78 is 4.83. The van der Waals surface area contributed by atoms with Crippen molar-refractivity contribution in [3.8, 4) is 0 Å². The van der Waals surface area contributed by atoms with Crippen LogP contribution >= 0.6 is 11.6 Å². The molecule has 0 aromatic rings. The van der Waals surface area contributed by atoms with Crippen molar-refractivity contribution in [3.63, 3.8) is 0 Å². The Morgan fingerprint density at radius 2 is 2.08 bits per heavy atom. The number of ether oxygens (including phenoxy) is 1. The lowest BCUT2D eigenvalue weighted by Crippen LogP contribution is -2.49. The molecule has 1 saturated heterocycles. The summed E-state index contributed by atoms with van der Waals surface area (Å²) in [7, 11) is 0. The van der Waals surface area contributed by atoms with Crippen molar-refractivity contribution in [1.29, 1.82) is 0 Å². The number of carbonyl (C=O) groups excluding carboxylic acids is 4. The summed E-state index contributed by atoms with van der Waals surface area (Å²) in [6, 6.07) is -0.907. The molecule has 24 heavy (non-hydrogen) atoms. The Balaban J connectivity index is 2.78. The quantitative estimate of drug-likeness (QED) is 0.509. The van der Waals surface area contributed by atoms with E-state index in [1.807, 2.05) is 13.8 Å². The zero-order valence-electron chi connectivity index (χ0n) is 13.8. The van der Waals surface area contributed by atoms with Gasteiger partial charge in [0.05, 0.1) is 11.9 Å². The number of nitrogens with one attached hydrogen (secondary N) is 2. The van der Waals surface area contributed by atoms with Crippen LogP contribution < -0.4 is 16.4 Å². The maximum Gasteiger partial charge on any atom is 0.405 e. The molecule has 0 radical (unpaired) electrons. The summed E-state index contributed by atoms with van der Waals surface area (Å²) >= 11 is 5.59. The Labute approximate surface area is 145 Å². The van der Waals surface area contributed by atoms with Crippen LogP contribution in [0, 0.1) is 11.8 Å². The lowest BCUT2D eigenvalue weighted by atomic mass is 9.95. The van der Waals surface area contributed by atoms with Crippen LogP contribution in [0.3, 0.4) is 0 Å². The summed E-state index contributed by atoms with van der Waals surface area (Å²) in [6.07, 6.45) is -1.14. The first-order chi connectivity index (χ1) is 11.2. The maximum absolute atomic E-state index is 12.4. The highest BCUT2D eigenvalue weighted by Crippen LogP contribution is 2.18. The van der Waals surface area contributed by atoms with Gasteiger partial charge in [0, 0.05) is 12.5 Å². The molecule has 3 amide bonds. The van der Waals surface area contributed by atoms with E-state index in [9.17, 15) is 19.2 Å². The molecule has 1 heterocycles. The number of amides is 3. The van der Waals surface area contributed by atoms with Gasteiger partial charge in [0.25, 0.3) is 5.91 Å². The molecule has 0 aromatic heterocycles. The highest BCUT2D eigenvalue weighted by molar-refractivity contribution is 6.28. The highest BCUT2D eigenvalue weighted by Gasteiger charge is 2.33. The largest absolute Gasteiger partial charge is 0.436 e. The van der Waals surface area contributed by atoms with Gasteiger partial charge >= 0.3 is 6.09 Å². The maximum atomic E-state index is 12.4. The lowest BCUT2D eigenvalue weighted by molar-refractivity contribution is -0.134. The highest BCUT2D eigenvalue weighted by atomic mass is 35.5.